The lowest BCUT2D eigenvalue weighted by Gasteiger charge is -2.11. The monoisotopic (exact) mass is 359 g/mol. The fraction of sp³-hybridized carbons (Fsp3) is 0.0769. The number of rotatable bonds is 2. The molecule has 0 fully saturated rings. The van der Waals surface area contributed by atoms with E-state index in [4.69, 9.17) is 5.73 Å². The molecule has 2 rings (SSSR count). The third kappa shape index (κ3) is 3.52. The number of aromatic nitrogens is 1. The predicted octanol–water partition coefficient (Wildman–Crippen LogP) is 3.70. The first-order valence-electron chi connectivity index (χ1n) is 5.66. The molecule has 1 aromatic carbocycles. The molecule has 0 unspecified atom stereocenters. The Balaban J connectivity index is 2.33. The minimum atomic E-state index is -4.52. The first-order chi connectivity index (χ1) is 9.79. The Hall–Kier alpha value is -2.09. The summed E-state index contributed by atoms with van der Waals surface area (Å²) in [5, 5.41) is 2.44. The van der Waals surface area contributed by atoms with Gasteiger partial charge >= 0.3 is 6.18 Å². The summed E-state index contributed by atoms with van der Waals surface area (Å²) in [6.07, 6.45) is -1.78. The largest absolute Gasteiger partial charge is 0.416 e. The third-order valence-electron chi connectivity index (χ3n) is 2.64. The van der Waals surface area contributed by atoms with Crippen LogP contribution in [0.5, 0.6) is 0 Å². The van der Waals surface area contributed by atoms with E-state index in [1.165, 1.54) is 24.5 Å². The quantitative estimate of drug-likeness (QED) is 0.858. The van der Waals surface area contributed by atoms with Crippen molar-refractivity contribution in [1.29, 1.82) is 0 Å². The van der Waals surface area contributed by atoms with Gasteiger partial charge < -0.3 is 11.1 Å². The maximum atomic E-state index is 12.7. The highest BCUT2D eigenvalue weighted by molar-refractivity contribution is 9.10. The molecule has 2 aromatic rings. The van der Waals surface area contributed by atoms with Crippen LogP contribution in [0.2, 0.25) is 0 Å². The van der Waals surface area contributed by atoms with E-state index in [1.54, 1.807) is 0 Å². The van der Waals surface area contributed by atoms with Gasteiger partial charge in [0.15, 0.2) is 0 Å². The molecular formula is C13H9BrF3N3O. The first-order valence-corrected chi connectivity index (χ1v) is 6.46. The van der Waals surface area contributed by atoms with Gasteiger partial charge in [-0.05, 0) is 40.2 Å². The van der Waals surface area contributed by atoms with E-state index < -0.39 is 17.6 Å². The van der Waals surface area contributed by atoms with Gasteiger partial charge in [-0.2, -0.15) is 13.2 Å². The Morgan fingerprint density at radius 2 is 2.00 bits per heavy atom. The van der Waals surface area contributed by atoms with Gasteiger partial charge in [-0.3, -0.25) is 9.78 Å². The number of anilines is 2. The van der Waals surface area contributed by atoms with E-state index in [1.807, 2.05) is 0 Å². The zero-order valence-electron chi connectivity index (χ0n) is 10.4. The predicted molar refractivity (Wildman–Crippen MR) is 75.7 cm³/mol. The van der Waals surface area contributed by atoms with E-state index >= 15 is 0 Å². The smallest absolute Gasteiger partial charge is 0.396 e. The lowest BCUT2D eigenvalue weighted by Crippen LogP contribution is -2.15. The second kappa shape index (κ2) is 5.72. The average molecular weight is 360 g/mol. The van der Waals surface area contributed by atoms with Crippen molar-refractivity contribution in [2.45, 2.75) is 6.18 Å². The highest BCUT2D eigenvalue weighted by Gasteiger charge is 2.31. The molecule has 0 aliphatic rings. The number of nitrogen functional groups attached to an aromatic ring is 1. The summed E-state index contributed by atoms with van der Waals surface area (Å²) in [5.74, 6) is -0.703. The maximum absolute atomic E-state index is 12.7. The van der Waals surface area contributed by atoms with Crippen molar-refractivity contribution in [1.82, 2.24) is 4.98 Å². The van der Waals surface area contributed by atoms with E-state index in [2.05, 4.69) is 26.2 Å². The molecule has 0 spiro atoms. The van der Waals surface area contributed by atoms with Crippen LogP contribution in [-0.4, -0.2) is 10.9 Å². The maximum Gasteiger partial charge on any atom is 0.416 e. The number of carbonyl (C=O) groups is 1. The van der Waals surface area contributed by atoms with Crippen molar-refractivity contribution in [3.63, 3.8) is 0 Å². The highest BCUT2D eigenvalue weighted by Crippen LogP contribution is 2.32. The lowest BCUT2D eigenvalue weighted by molar-refractivity contribution is -0.137. The Bertz CT molecular complexity index is 689. The number of halogens is 4. The van der Waals surface area contributed by atoms with Gasteiger partial charge in [0.1, 0.15) is 0 Å². The highest BCUT2D eigenvalue weighted by atomic mass is 79.9. The standard InChI is InChI=1S/C13H9BrF3N3O/c14-9-2-1-7(13(15,16)17)5-8(9)12(21)20-11-3-4-19-6-10(11)18/h1-6H,18H2,(H,19,20,21). The lowest BCUT2D eigenvalue weighted by atomic mass is 10.1. The normalized spacial score (nSPS) is 11.2. The van der Waals surface area contributed by atoms with E-state index in [-0.39, 0.29) is 21.4 Å². The van der Waals surface area contributed by atoms with Crippen molar-refractivity contribution in [3.05, 3.63) is 52.3 Å². The van der Waals surface area contributed by atoms with Crippen molar-refractivity contribution in [2.24, 2.45) is 0 Å². The van der Waals surface area contributed by atoms with Crippen molar-refractivity contribution < 1.29 is 18.0 Å². The second-order valence-corrected chi connectivity index (χ2v) is 4.96. The molecule has 1 aromatic heterocycles. The molecule has 0 aliphatic heterocycles. The zero-order valence-corrected chi connectivity index (χ0v) is 12.0. The molecule has 0 saturated heterocycles. The molecule has 0 radical (unpaired) electrons. The summed E-state index contributed by atoms with van der Waals surface area (Å²) >= 11 is 3.06. The van der Waals surface area contributed by atoms with Crippen molar-refractivity contribution in [3.8, 4) is 0 Å². The van der Waals surface area contributed by atoms with E-state index in [0.29, 0.717) is 0 Å². The molecule has 1 amide bonds. The molecule has 0 aliphatic carbocycles. The fourth-order valence-electron chi connectivity index (χ4n) is 1.59. The SMILES string of the molecule is Nc1cnccc1NC(=O)c1cc(C(F)(F)F)ccc1Br. The van der Waals surface area contributed by atoms with Gasteiger partial charge in [-0.1, -0.05) is 0 Å². The third-order valence-corrected chi connectivity index (χ3v) is 3.33. The Kier molecular flexibility index (Phi) is 4.17. The van der Waals surface area contributed by atoms with Crippen LogP contribution in [0.25, 0.3) is 0 Å². The van der Waals surface area contributed by atoms with Crippen molar-refractivity contribution in [2.75, 3.05) is 11.1 Å². The second-order valence-electron chi connectivity index (χ2n) is 4.11. The fourth-order valence-corrected chi connectivity index (χ4v) is 2.01. The van der Waals surface area contributed by atoms with Crippen LogP contribution in [0.15, 0.2) is 41.1 Å². The van der Waals surface area contributed by atoms with Gasteiger partial charge in [0.05, 0.1) is 28.7 Å². The topological polar surface area (TPSA) is 68.0 Å². The van der Waals surface area contributed by atoms with Crippen LogP contribution in [0.3, 0.4) is 0 Å². The number of hydrogen-bond acceptors (Lipinski definition) is 3. The molecular weight excluding hydrogens is 351 g/mol. The van der Waals surface area contributed by atoms with E-state index in [9.17, 15) is 18.0 Å². The molecule has 1 heterocycles. The van der Waals surface area contributed by atoms with Crippen LogP contribution in [0.4, 0.5) is 24.5 Å². The summed E-state index contributed by atoms with van der Waals surface area (Å²) in [7, 11) is 0. The molecule has 0 atom stereocenters. The summed E-state index contributed by atoms with van der Waals surface area (Å²) in [4.78, 5) is 15.8. The number of amides is 1. The molecule has 21 heavy (non-hydrogen) atoms. The minimum absolute atomic E-state index is 0.138. The Labute approximate surface area is 126 Å². The van der Waals surface area contributed by atoms with Crippen LogP contribution in [0.1, 0.15) is 15.9 Å². The Morgan fingerprint density at radius 3 is 2.62 bits per heavy atom. The molecule has 8 heteroatoms. The van der Waals surface area contributed by atoms with Gasteiger partial charge in [0.2, 0.25) is 0 Å². The summed E-state index contributed by atoms with van der Waals surface area (Å²) in [6.45, 7) is 0. The Morgan fingerprint density at radius 1 is 1.29 bits per heavy atom. The van der Waals surface area contributed by atoms with Gasteiger partial charge in [-0.15, -0.1) is 0 Å². The average Bonchev–Trinajstić information content (AvgIpc) is 2.40. The van der Waals surface area contributed by atoms with Crippen LogP contribution in [0, 0.1) is 0 Å². The number of nitrogens with one attached hydrogen (secondary N) is 1. The van der Waals surface area contributed by atoms with Crippen LogP contribution < -0.4 is 11.1 Å². The number of nitrogens with two attached hydrogens (primary N) is 1. The van der Waals surface area contributed by atoms with Crippen LogP contribution in [-0.2, 0) is 6.18 Å². The van der Waals surface area contributed by atoms with E-state index in [0.717, 1.165) is 12.1 Å². The number of hydrogen-bond donors (Lipinski definition) is 2. The number of pyridine rings is 1. The number of benzene rings is 1. The summed E-state index contributed by atoms with van der Waals surface area (Å²) < 4.78 is 38.3. The van der Waals surface area contributed by atoms with Crippen LogP contribution >= 0.6 is 15.9 Å². The molecule has 0 saturated carbocycles. The molecule has 3 N–H and O–H groups in total. The van der Waals surface area contributed by atoms with Gasteiger partial charge in [0.25, 0.3) is 5.91 Å². The molecule has 110 valence electrons. The van der Waals surface area contributed by atoms with Gasteiger partial charge in [-0.25, -0.2) is 0 Å². The first kappa shape index (κ1) is 15.3. The minimum Gasteiger partial charge on any atom is -0.396 e. The number of carbonyl (C=O) groups excluding carboxylic acids is 1. The van der Waals surface area contributed by atoms with Crippen molar-refractivity contribution >= 4 is 33.2 Å². The molecule has 4 nitrogen and oxygen atoms in total. The zero-order chi connectivity index (χ0) is 15.6. The molecule has 0 bridgehead atoms. The summed E-state index contributed by atoms with van der Waals surface area (Å²) in [5.41, 5.74) is 5.07. The number of alkyl halides is 3. The number of nitrogens with zero attached hydrogens (tertiary/aromatic N) is 1. The van der Waals surface area contributed by atoms with Gasteiger partial charge in [0, 0.05) is 10.7 Å². The summed E-state index contributed by atoms with van der Waals surface area (Å²) in [6, 6.07) is 4.29.